The number of hydrogen-bond acceptors (Lipinski definition) is 8. The summed E-state index contributed by atoms with van der Waals surface area (Å²) < 4.78 is 42.3. The van der Waals surface area contributed by atoms with Gasteiger partial charge in [-0.25, -0.2) is 32.9 Å². The first-order valence-corrected chi connectivity index (χ1v) is 22.3. The number of amides is 7. The van der Waals surface area contributed by atoms with Crippen molar-refractivity contribution >= 4 is 70.1 Å². The van der Waals surface area contributed by atoms with Gasteiger partial charge in [-0.1, -0.05) is 109 Å². The van der Waals surface area contributed by atoms with Crippen molar-refractivity contribution in [3.63, 3.8) is 0 Å². The van der Waals surface area contributed by atoms with Gasteiger partial charge >= 0.3 is 24.2 Å². The van der Waals surface area contributed by atoms with Crippen LogP contribution in [0.1, 0.15) is 54.9 Å². The fourth-order valence-electron chi connectivity index (χ4n) is 7.81. The number of nitrogens with zero attached hydrogens (tertiary/aromatic N) is 4. The van der Waals surface area contributed by atoms with Gasteiger partial charge in [0.1, 0.15) is 23.5 Å². The number of aromatic nitrogens is 1. The first kappa shape index (κ1) is 49.9. The molecule has 15 nitrogen and oxygen atoms in total. The maximum atomic E-state index is 14.6. The molecule has 4 aromatic carbocycles. The Kier molecular flexibility index (Phi) is 17.0. The molecule has 2 heterocycles. The molecule has 0 fully saturated rings. The van der Waals surface area contributed by atoms with Crippen molar-refractivity contribution < 1.29 is 42.5 Å². The Morgan fingerprint density at radius 3 is 2.10 bits per heavy atom. The lowest BCUT2D eigenvalue weighted by molar-refractivity contribution is -0.220. The number of nitrogens with one attached hydrogen (secondary N) is 3. The maximum Gasteiger partial charge on any atom is 0.415 e. The molecule has 1 unspecified atom stereocenters. The second kappa shape index (κ2) is 22.8. The Morgan fingerprint density at radius 1 is 0.866 bits per heavy atom. The number of carbonyl (C=O) groups is 4. The zero-order valence-electron chi connectivity index (χ0n) is 37.1. The second-order valence-electron chi connectivity index (χ2n) is 15.9. The summed E-state index contributed by atoms with van der Waals surface area (Å²) in [6, 6.07) is 20.1. The van der Waals surface area contributed by atoms with E-state index in [1.54, 1.807) is 54.7 Å². The number of fused-ring (bicyclic) bond motifs is 2. The minimum atomic E-state index is -2.42. The van der Waals surface area contributed by atoms with E-state index >= 15 is 0 Å². The average molecular weight is 962 g/mol. The minimum absolute atomic E-state index is 0.0552. The Balaban J connectivity index is 1.47. The number of pyridine rings is 1. The van der Waals surface area contributed by atoms with Gasteiger partial charge in [0.25, 0.3) is 5.79 Å². The molecule has 1 aliphatic heterocycles. The number of halogens is 4. The first-order valence-electron chi connectivity index (χ1n) is 21.5. The van der Waals surface area contributed by atoms with Gasteiger partial charge in [-0.3, -0.25) is 10.2 Å². The maximum absolute atomic E-state index is 14.6. The van der Waals surface area contributed by atoms with Gasteiger partial charge in [-0.2, -0.15) is 0 Å². The predicted molar refractivity (Wildman–Crippen MR) is 252 cm³/mol. The molecular formula is C48H52Cl2F2N8O7. The van der Waals surface area contributed by atoms with Crippen LogP contribution in [0, 0.1) is 11.6 Å². The van der Waals surface area contributed by atoms with E-state index in [1.807, 2.05) is 31.2 Å². The Bertz CT molecular complexity index is 2630. The van der Waals surface area contributed by atoms with Crippen molar-refractivity contribution in [3.8, 4) is 0 Å². The van der Waals surface area contributed by atoms with Crippen molar-refractivity contribution in [2.24, 2.45) is 5.73 Å². The van der Waals surface area contributed by atoms with Gasteiger partial charge in [-0.05, 0) is 71.2 Å². The molecule has 5 aromatic rings. The SMILES string of the molecule is CCC[C@H](N(C)C(=O)NCc1cccc(F)c1Cl)C(OC[C@@H](CCCO)N(C)C(=O)NCc1cccc(F)c1Cl)(OC(=O)Nc1cc2ccccc2cn1)C1=Cc2ccccc2CN1C(N)=O. The van der Waals surface area contributed by atoms with Crippen LogP contribution in [0.2, 0.25) is 10.0 Å². The molecule has 3 atom stereocenters. The molecule has 67 heavy (non-hydrogen) atoms. The number of primary amides is 1. The zero-order valence-corrected chi connectivity index (χ0v) is 38.6. The number of anilines is 1. The quantitative estimate of drug-likeness (QED) is 0.0538. The largest absolute Gasteiger partial charge is 0.415 e. The number of carbonyl (C=O) groups excluding carboxylic acids is 4. The van der Waals surface area contributed by atoms with Crippen LogP contribution in [-0.2, 0) is 29.1 Å². The van der Waals surface area contributed by atoms with Crippen LogP contribution in [-0.4, -0.2) is 94.2 Å². The molecule has 1 aromatic heterocycles. The third-order valence-corrected chi connectivity index (χ3v) is 12.3. The van der Waals surface area contributed by atoms with Crippen molar-refractivity contribution in [2.45, 2.75) is 70.1 Å². The smallest absolute Gasteiger partial charge is 0.408 e. The molecule has 6 N–H and O–H groups in total. The molecule has 0 aliphatic carbocycles. The van der Waals surface area contributed by atoms with E-state index in [1.165, 1.54) is 53.1 Å². The van der Waals surface area contributed by atoms with Crippen LogP contribution in [0.25, 0.3) is 16.8 Å². The fourth-order valence-corrected chi connectivity index (χ4v) is 8.20. The highest BCUT2D eigenvalue weighted by molar-refractivity contribution is 6.31. The molecule has 19 heteroatoms. The number of ether oxygens (including phenoxy) is 2. The minimum Gasteiger partial charge on any atom is -0.408 e. The first-order chi connectivity index (χ1) is 32.2. The lowest BCUT2D eigenvalue weighted by Gasteiger charge is -2.48. The van der Waals surface area contributed by atoms with Crippen molar-refractivity contribution in [2.75, 3.05) is 32.6 Å². The summed E-state index contributed by atoms with van der Waals surface area (Å²) in [6.07, 6.45) is 2.84. The van der Waals surface area contributed by atoms with Gasteiger partial charge in [0.15, 0.2) is 0 Å². The molecule has 0 spiro atoms. The highest BCUT2D eigenvalue weighted by atomic mass is 35.5. The summed E-state index contributed by atoms with van der Waals surface area (Å²) in [7, 11) is 2.93. The predicted octanol–water partition coefficient (Wildman–Crippen LogP) is 9.01. The summed E-state index contributed by atoms with van der Waals surface area (Å²) in [5.74, 6) is -3.66. The summed E-state index contributed by atoms with van der Waals surface area (Å²) in [6.45, 7) is 0.718. The fraction of sp³-hybridized carbons (Fsp3) is 0.312. The van der Waals surface area contributed by atoms with Crippen molar-refractivity contribution in [3.05, 3.63) is 147 Å². The highest BCUT2D eigenvalue weighted by Crippen LogP contribution is 2.41. The Hall–Kier alpha value is -6.53. The molecule has 0 saturated carbocycles. The van der Waals surface area contributed by atoms with Gasteiger partial charge < -0.3 is 40.7 Å². The summed E-state index contributed by atoms with van der Waals surface area (Å²) in [5.41, 5.74) is 8.02. The van der Waals surface area contributed by atoms with E-state index in [4.69, 9.17) is 38.4 Å². The summed E-state index contributed by atoms with van der Waals surface area (Å²) in [5, 5.41) is 19.4. The number of aliphatic hydroxyl groups excluding tert-OH is 1. The van der Waals surface area contributed by atoms with E-state index in [9.17, 15) is 33.1 Å². The summed E-state index contributed by atoms with van der Waals surface area (Å²) in [4.78, 5) is 64.7. The van der Waals surface area contributed by atoms with E-state index in [0.29, 0.717) is 23.1 Å². The second-order valence-corrected chi connectivity index (χ2v) is 16.6. The number of benzene rings is 4. The molecule has 7 amide bonds. The number of hydrogen-bond donors (Lipinski definition) is 5. The van der Waals surface area contributed by atoms with Crippen LogP contribution < -0.4 is 21.7 Å². The van der Waals surface area contributed by atoms with Crippen LogP contribution in [0.3, 0.4) is 0 Å². The van der Waals surface area contributed by atoms with Gasteiger partial charge in [0, 0.05) is 45.4 Å². The van der Waals surface area contributed by atoms with Crippen LogP contribution in [0.15, 0.2) is 103 Å². The Morgan fingerprint density at radius 2 is 1.48 bits per heavy atom. The molecule has 0 bridgehead atoms. The number of rotatable bonds is 18. The highest BCUT2D eigenvalue weighted by Gasteiger charge is 2.54. The average Bonchev–Trinajstić information content (AvgIpc) is 3.32. The summed E-state index contributed by atoms with van der Waals surface area (Å²) >= 11 is 12.4. The lowest BCUT2D eigenvalue weighted by Crippen LogP contribution is -2.64. The van der Waals surface area contributed by atoms with E-state index < -0.39 is 60.3 Å². The third-order valence-electron chi connectivity index (χ3n) is 11.5. The van der Waals surface area contributed by atoms with Crippen molar-refractivity contribution in [1.29, 1.82) is 0 Å². The normalized spacial score (nSPS) is 13.9. The van der Waals surface area contributed by atoms with Gasteiger partial charge in [0.2, 0.25) is 0 Å². The molecule has 0 radical (unpaired) electrons. The van der Waals surface area contributed by atoms with E-state index in [0.717, 1.165) is 10.8 Å². The number of nitrogens with two attached hydrogens (primary N) is 1. The number of urea groups is 3. The van der Waals surface area contributed by atoms with Crippen LogP contribution >= 0.6 is 23.2 Å². The zero-order chi connectivity index (χ0) is 48.3. The van der Waals surface area contributed by atoms with E-state index in [-0.39, 0.29) is 72.6 Å². The lowest BCUT2D eigenvalue weighted by atomic mass is 9.91. The third kappa shape index (κ3) is 11.9. The van der Waals surface area contributed by atoms with Gasteiger partial charge in [0.05, 0.1) is 34.9 Å². The molecule has 354 valence electrons. The van der Waals surface area contributed by atoms with Crippen molar-refractivity contribution in [1.82, 2.24) is 30.3 Å². The van der Waals surface area contributed by atoms with Gasteiger partial charge in [-0.15, -0.1) is 0 Å². The molecule has 6 rings (SSSR count). The van der Waals surface area contributed by atoms with Crippen LogP contribution in [0.4, 0.5) is 33.8 Å². The van der Waals surface area contributed by atoms with E-state index in [2.05, 4.69) is 20.9 Å². The molecule has 1 aliphatic rings. The topological polar surface area (TPSA) is 192 Å². The number of likely N-dealkylation sites (N-methyl/N-ethyl adjacent to an activating group) is 2. The molecular weight excluding hydrogens is 909 g/mol. The monoisotopic (exact) mass is 960 g/mol. The Labute approximate surface area is 396 Å². The number of aliphatic hydroxyl groups is 1. The standard InChI is InChI=1S/C48H52Cl2F2N8O7/c1-4-12-39(59(3)46(64)56-27-34-18-10-21-38(52)43(34)50)48(40-23-30-13-6-8-16-35(30)28-60(40)44(53)62,67-47(65)57-41-24-31-14-5-7-15-32(31)25-54-41)66-29-36(19-11-22-61)58(2)45(63)55-26-33-17-9-20-37(51)42(33)49/h5-10,13-18,20-21,23-25,36,39,61H,4,11-12,19,22,26-29H2,1-3H3,(H2,53,62)(H,55,63)(H,56,64)(H,54,57,65)/t36-,39+,48?/m1/s1. The van der Waals surface area contributed by atoms with Crippen LogP contribution in [0.5, 0.6) is 0 Å². The molecule has 0 saturated heterocycles.